The Morgan fingerprint density at radius 3 is 1.59 bits per heavy atom. The molecule has 0 atom stereocenters. The van der Waals surface area contributed by atoms with Gasteiger partial charge in [-0.3, -0.25) is 0 Å². The molecule has 54 heavy (non-hydrogen) atoms. The zero-order valence-corrected chi connectivity index (χ0v) is 30.2. The zero-order chi connectivity index (χ0) is 36.2. The molecule has 0 N–H and O–H groups in total. The van der Waals surface area contributed by atoms with E-state index in [-0.39, 0.29) is 0 Å². The molecule has 2 aromatic heterocycles. The Balaban J connectivity index is 1.34. The highest BCUT2D eigenvalue weighted by Gasteiger charge is 2.33. The third kappa shape index (κ3) is 5.16. The number of imidazole rings is 1. The normalized spacial score (nSPS) is 11.5. The standard InChI is InChI=1S/C51H37N2O/c1-34-27-29-42-41-30-28-39(35-17-7-3-8-18-35)33-47(41)54-50(42)48(34)51-52(2)45-25-15-16-26-46(45)53(51)49-43(37-21-11-5-12-22-37)31-40(36-19-9-4-10-20-36)32-44(49)38-23-13-6-14-24-38/h3-33H,1-2H3/q+1. The maximum absolute atomic E-state index is 7.00. The summed E-state index contributed by atoms with van der Waals surface area (Å²) in [7, 11) is 2.19. The van der Waals surface area contributed by atoms with Gasteiger partial charge in [0.15, 0.2) is 16.6 Å². The first-order valence-corrected chi connectivity index (χ1v) is 18.5. The summed E-state index contributed by atoms with van der Waals surface area (Å²) in [6, 6.07) is 67.4. The van der Waals surface area contributed by atoms with E-state index in [4.69, 9.17) is 4.42 Å². The minimum atomic E-state index is 0.880. The van der Waals surface area contributed by atoms with Gasteiger partial charge >= 0.3 is 0 Å². The van der Waals surface area contributed by atoms with Gasteiger partial charge in [-0.25, -0.2) is 4.57 Å². The first-order chi connectivity index (χ1) is 26.6. The third-order valence-electron chi connectivity index (χ3n) is 10.8. The lowest BCUT2D eigenvalue weighted by atomic mass is 9.90. The SMILES string of the molecule is Cc1ccc2c(oc3cc(-c4ccccc4)ccc32)c1-c1n(-c2c(-c3ccccc3)cc(-c3ccccc3)cc2-c2ccccc2)c2ccccc2[n+]1C. The molecule has 8 aromatic carbocycles. The van der Waals surface area contributed by atoms with Gasteiger partial charge in [0.1, 0.15) is 16.8 Å². The van der Waals surface area contributed by atoms with E-state index in [2.05, 4.69) is 211 Å². The molecule has 3 nitrogen and oxygen atoms in total. The van der Waals surface area contributed by atoms with E-state index < -0.39 is 0 Å². The monoisotopic (exact) mass is 693 g/mol. The Hall–Kier alpha value is -6.97. The van der Waals surface area contributed by atoms with Gasteiger partial charge in [0.25, 0.3) is 5.82 Å². The minimum absolute atomic E-state index is 0.880. The Bertz CT molecular complexity index is 2920. The van der Waals surface area contributed by atoms with Crippen molar-refractivity contribution < 1.29 is 8.98 Å². The molecular weight excluding hydrogens is 657 g/mol. The van der Waals surface area contributed by atoms with E-state index >= 15 is 0 Å². The maximum atomic E-state index is 7.00. The summed E-state index contributed by atoms with van der Waals surface area (Å²) in [6.07, 6.45) is 0. The second-order valence-electron chi connectivity index (χ2n) is 14.0. The summed E-state index contributed by atoms with van der Waals surface area (Å²) in [5, 5.41) is 2.21. The van der Waals surface area contributed by atoms with E-state index in [0.717, 1.165) is 83.4 Å². The van der Waals surface area contributed by atoms with Crippen LogP contribution in [0.4, 0.5) is 0 Å². The summed E-state index contributed by atoms with van der Waals surface area (Å²) in [4.78, 5) is 0. The number of hydrogen-bond donors (Lipinski definition) is 0. The van der Waals surface area contributed by atoms with E-state index in [1.54, 1.807) is 0 Å². The van der Waals surface area contributed by atoms with Crippen LogP contribution in [0.3, 0.4) is 0 Å². The molecule has 0 aliphatic heterocycles. The van der Waals surface area contributed by atoms with Crippen molar-refractivity contribution in [2.24, 2.45) is 7.05 Å². The molecule has 0 aliphatic carbocycles. The van der Waals surface area contributed by atoms with E-state index in [1.165, 1.54) is 16.7 Å². The molecule has 2 heterocycles. The number of hydrogen-bond acceptors (Lipinski definition) is 1. The molecule has 0 fully saturated rings. The maximum Gasteiger partial charge on any atom is 0.299 e. The van der Waals surface area contributed by atoms with Crippen molar-refractivity contribution in [3.8, 4) is 61.6 Å². The Morgan fingerprint density at radius 2 is 0.981 bits per heavy atom. The summed E-state index contributed by atoms with van der Waals surface area (Å²) in [6.45, 7) is 2.20. The summed E-state index contributed by atoms with van der Waals surface area (Å²) in [5.41, 5.74) is 16.6. The molecule has 10 rings (SSSR count). The highest BCUT2D eigenvalue weighted by atomic mass is 16.3. The first-order valence-electron chi connectivity index (χ1n) is 18.5. The van der Waals surface area contributed by atoms with Crippen LogP contribution >= 0.6 is 0 Å². The van der Waals surface area contributed by atoms with Crippen molar-refractivity contribution in [1.29, 1.82) is 0 Å². The second kappa shape index (κ2) is 12.9. The lowest BCUT2D eigenvalue weighted by molar-refractivity contribution is -0.633. The van der Waals surface area contributed by atoms with Gasteiger partial charge in [-0.1, -0.05) is 152 Å². The Labute approximate surface area is 314 Å². The number of aromatic nitrogens is 2. The fraction of sp³-hybridized carbons (Fsp3) is 0.0392. The fourth-order valence-electron chi connectivity index (χ4n) is 8.20. The van der Waals surface area contributed by atoms with Crippen LogP contribution < -0.4 is 4.57 Å². The van der Waals surface area contributed by atoms with Crippen LogP contribution in [-0.4, -0.2) is 4.57 Å². The largest absolute Gasteiger partial charge is 0.455 e. The van der Waals surface area contributed by atoms with Crippen LogP contribution in [0.2, 0.25) is 0 Å². The van der Waals surface area contributed by atoms with Gasteiger partial charge in [-0.05, 0) is 82.3 Å². The summed E-state index contributed by atoms with van der Waals surface area (Å²) in [5.74, 6) is 1.06. The van der Waals surface area contributed by atoms with Gasteiger partial charge < -0.3 is 4.42 Å². The highest BCUT2D eigenvalue weighted by molar-refractivity contribution is 6.11. The van der Waals surface area contributed by atoms with Gasteiger partial charge in [0.2, 0.25) is 0 Å². The molecule has 3 heteroatoms. The van der Waals surface area contributed by atoms with E-state index in [0.29, 0.717) is 0 Å². The third-order valence-corrected chi connectivity index (χ3v) is 10.8. The number of para-hydroxylation sites is 2. The summed E-state index contributed by atoms with van der Waals surface area (Å²) < 4.78 is 11.8. The molecule has 0 aliphatic rings. The van der Waals surface area contributed by atoms with Gasteiger partial charge in [0, 0.05) is 21.9 Å². The van der Waals surface area contributed by atoms with Gasteiger partial charge in [0.05, 0.1) is 7.05 Å². The number of rotatable bonds is 6. The number of nitrogens with zero attached hydrogens (tertiary/aromatic N) is 2. The fourth-order valence-corrected chi connectivity index (χ4v) is 8.20. The molecule has 0 bridgehead atoms. The van der Waals surface area contributed by atoms with Crippen molar-refractivity contribution >= 4 is 33.0 Å². The van der Waals surface area contributed by atoms with Crippen LogP contribution in [-0.2, 0) is 7.05 Å². The molecule has 0 saturated carbocycles. The molecule has 10 aromatic rings. The predicted molar refractivity (Wildman–Crippen MR) is 224 cm³/mol. The summed E-state index contributed by atoms with van der Waals surface area (Å²) >= 11 is 0. The van der Waals surface area contributed by atoms with Crippen molar-refractivity contribution in [3.05, 3.63) is 194 Å². The van der Waals surface area contributed by atoms with Crippen molar-refractivity contribution in [2.45, 2.75) is 6.92 Å². The van der Waals surface area contributed by atoms with Gasteiger partial charge in [-0.15, -0.1) is 0 Å². The minimum Gasteiger partial charge on any atom is -0.455 e. The van der Waals surface area contributed by atoms with Gasteiger partial charge in [-0.2, -0.15) is 4.57 Å². The van der Waals surface area contributed by atoms with E-state index in [9.17, 15) is 0 Å². The number of fused-ring (bicyclic) bond motifs is 4. The second-order valence-corrected chi connectivity index (χ2v) is 14.0. The van der Waals surface area contributed by atoms with Crippen LogP contribution in [0, 0.1) is 6.92 Å². The molecule has 0 amide bonds. The molecule has 0 unspecified atom stereocenters. The highest BCUT2D eigenvalue weighted by Crippen LogP contribution is 2.45. The van der Waals surface area contributed by atoms with Crippen molar-refractivity contribution in [1.82, 2.24) is 4.57 Å². The lowest BCUT2D eigenvalue weighted by Gasteiger charge is -2.18. The number of benzene rings is 8. The number of aryl methyl sites for hydroxylation is 2. The van der Waals surface area contributed by atoms with Crippen molar-refractivity contribution in [3.63, 3.8) is 0 Å². The average Bonchev–Trinajstić information content (AvgIpc) is 3.75. The zero-order valence-electron chi connectivity index (χ0n) is 30.2. The Kier molecular flexibility index (Phi) is 7.59. The van der Waals surface area contributed by atoms with Crippen molar-refractivity contribution in [2.75, 3.05) is 0 Å². The van der Waals surface area contributed by atoms with Crippen LogP contribution in [0.25, 0.3) is 94.6 Å². The van der Waals surface area contributed by atoms with Crippen LogP contribution in [0.15, 0.2) is 192 Å². The topological polar surface area (TPSA) is 21.9 Å². The molecule has 0 spiro atoms. The predicted octanol–water partition coefficient (Wildman–Crippen LogP) is 13.0. The smallest absolute Gasteiger partial charge is 0.299 e. The van der Waals surface area contributed by atoms with Crippen LogP contribution in [0.5, 0.6) is 0 Å². The number of furan rings is 1. The average molecular weight is 694 g/mol. The molecule has 0 saturated heterocycles. The first kappa shape index (κ1) is 31.7. The lowest BCUT2D eigenvalue weighted by Crippen LogP contribution is -2.30. The molecule has 256 valence electrons. The van der Waals surface area contributed by atoms with Crippen LogP contribution in [0.1, 0.15) is 5.56 Å². The molecule has 0 radical (unpaired) electrons. The Morgan fingerprint density at radius 1 is 0.463 bits per heavy atom. The quantitative estimate of drug-likeness (QED) is 0.159. The van der Waals surface area contributed by atoms with E-state index in [1.807, 2.05) is 0 Å². The molecular formula is C51H37N2O+.